The number of rotatable bonds is 8. The summed E-state index contributed by atoms with van der Waals surface area (Å²) >= 11 is 1.24. The zero-order valence-corrected chi connectivity index (χ0v) is 23.5. The average molecular weight is 577 g/mol. The van der Waals surface area contributed by atoms with E-state index >= 15 is 0 Å². The number of aliphatic hydroxyl groups is 1. The third-order valence-corrected chi connectivity index (χ3v) is 8.42. The van der Waals surface area contributed by atoms with Crippen LogP contribution in [0.5, 0.6) is 5.75 Å². The molecule has 206 valence electrons. The highest BCUT2D eigenvalue weighted by molar-refractivity contribution is 8.18. The summed E-state index contributed by atoms with van der Waals surface area (Å²) in [6.07, 6.45) is 2.92. The summed E-state index contributed by atoms with van der Waals surface area (Å²) in [6.45, 7) is 4.88. The molecule has 0 bridgehead atoms. The minimum Gasteiger partial charge on any atom is -0.493 e. The van der Waals surface area contributed by atoms with Crippen molar-refractivity contribution in [2.24, 2.45) is 4.99 Å². The fraction of sp³-hybridized carbons (Fsp3) is 0.172. The van der Waals surface area contributed by atoms with Crippen LogP contribution in [0.4, 0.5) is 5.69 Å². The number of aliphatic imine (C=N–C) groups is 1. The van der Waals surface area contributed by atoms with Crippen LogP contribution in [0.3, 0.4) is 0 Å². The Balaban J connectivity index is 1.17. The van der Waals surface area contributed by atoms with Crippen molar-refractivity contribution in [1.82, 2.24) is 14.3 Å². The van der Waals surface area contributed by atoms with E-state index in [2.05, 4.69) is 48.4 Å². The first-order valence-corrected chi connectivity index (χ1v) is 14.8. The molecule has 5 rings (SSSR count). The van der Waals surface area contributed by atoms with Crippen molar-refractivity contribution in [3.05, 3.63) is 112 Å². The number of hydrogen-bond acceptors (Lipinski definition) is 7. The number of carbonyl (C=O) groups excluding carboxylic acids is 1. The molecule has 2 heterocycles. The Hall–Kier alpha value is -4.22. The number of benzene rings is 3. The van der Waals surface area contributed by atoms with Gasteiger partial charge in [-0.15, -0.1) is 0 Å². The number of ether oxygens (including phenoxy) is 1. The van der Waals surface area contributed by atoms with Crippen LogP contribution in [0, 0.1) is 0 Å². The van der Waals surface area contributed by atoms with Crippen molar-refractivity contribution in [3.63, 3.8) is 0 Å². The number of amidine groups is 1. The third-order valence-electron chi connectivity index (χ3n) is 6.19. The van der Waals surface area contributed by atoms with Gasteiger partial charge in [-0.05, 0) is 70.3 Å². The van der Waals surface area contributed by atoms with E-state index in [0.29, 0.717) is 33.8 Å². The van der Waals surface area contributed by atoms with Crippen LogP contribution in [0.25, 0.3) is 6.08 Å². The second kappa shape index (κ2) is 11.5. The smallest absolute Gasteiger partial charge is 0.326 e. The molecule has 3 aromatic rings. The number of aliphatic hydroxyl groups excluding tert-OH is 1. The van der Waals surface area contributed by atoms with E-state index in [9.17, 15) is 18.3 Å². The van der Waals surface area contributed by atoms with Gasteiger partial charge in [-0.2, -0.15) is 8.42 Å². The lowest BCUT2D eigenvalue weighted by molar-refractivity contribution is -0.115. The van der Waals surface area contributed by atoms with Crippen LogP contribution < -0.4 is 14.8 Å². The molecule has 0 saturated carbocycles. The largest absolute Gasteiger partial charge is 0.493 e. The highest BCUT2D eigenvalue weighted by atomic mass is 32.2. The Morgan fingerprint density at radius 1 is 1.00 bits per heavy atom. The summed E-state index contributed by atoms with van der Waals surface area (Å²) in [6, 6.07) is 22.9. The molecule has 1 amide bonds. The lowest BCUT2D eigenvalue weighted by Crippen LogP contribution is -2.29. The number of carbonyl (C=O) groups is 1. The van der Waals surface area contributed by atoms with Crippen LogP contribution in [-0.4, -0.2) is 28.9 Å². The van der Waals surface area contributed by atoms with Gasteiger partial charge in [-0.1, -0.05) is 62.4 Å². The Bertz CT molecular complexity index is 1600. The van der Waals surface area contributed by atoms with Gasteiger partial charge >= 0.3 is 10.2 Å². The molecule has 40 heavy (non-hydrogen) atoms. The predicted octanol–water partition coefficient (Wildman–Crippen LogP) is 5.29. The zero-order chi connectivity index (χ0) is 28.3. The SMILES string of the molecule is CC(C)c1ccc(COc2ccc(C=C3SC(=Nc4ccc(CN5C=C(O)NS5(=O)=O)cc4)NC3=O)cc2)cc1. The maximum Gasteiger partial charge on any atom is 0.326 e. The van der Waals surface area contributed by atoms with Crippen molar-refractivity contribution in [1.29, 1.82) is 0 Å². The number of amides is 1. The number of thioether (sulfide) groups is 1. The lowest BCUT2D eigenvalue weighted by atomic mass is 10.0. The molecule has 9 nitrogen and oxygen atoms in total. The summed E-state index contributed by atoms with van der Waals surface area (Å²) in [5.41, 5.74) is 4.58. The molecule has 3 N–H and O–H groups in total. The minimum absolute atomic E-state index is 0.0594. The third kappa shape index (κ3) is 6.67. The topological polar surface area (TPSA) is 120 Å². The average Bonchev–Trinajstić information content (AvgIpc) is 3.40. The van der Waals surface area contributed by atoms with Crippen molar-refractivity contribution in [3.8, 4) is 5.75 Å². The fourth-order valence-corrected chi connectivity index (χ4v) is 5.82. The Kier molecular flexibility index (Phi) is 7.85. The second-order valence-electron chi connectivity index (χ2n) is 9.57. The highest BCUT2D eigenvalue weighted by Gasteiger charge is 2.27. The predicted molar refractivity (Wildman–Crippen MR) is 157 cm³/mol. The van der Waals surface area contributed by atoms with Gasteiger partial charge in [0, 0.05) is 0 Å². The molecule has 0 aromatic heterocycles. The maximum absolute atomic E-state index is 12.5. The van der Waals surface area contributed by atoms with E-state index in [-0.39, 0.29) is 12.5 Å². The van der Waals surface area contributed by atoms with Gasteiger partial charge in [0.25, 0.3) is 5.91 Å². The molecule has 0 radical (unpaired) electrons. The van der Waals surface area contributed by atoms with Crippen LogP contribution >= 0.6 is 11.8 Å². The maximum atomic E-state index is 12.5. The summed E-state index contributed by atoms with van der Waals surface area (Å²) in [4.78, 5) is 17.5. The molecular formula is C29H28N4O5S2. The molecule has 0 atom stereocenters. The van der Waals surface area contributed by atoms with Gasteiger partial charge in [-0.25, -0.2) is 9.71 Å². The van der Waals surface area contributed by atoms with Crippen molar-refractivity contribution in [2.45, 2.75) is 32.9 Å². The first kappa shape index (κ1) is 27.4. The normalized spacial score (nSPS) is 18.2. The van der Waals surface area contributed by atoms with Crippen molar-refractivity contribution < 1.29 is 23.1 Å². The number of nitrogens with one attached hydrogen (secondary N) is 2. The van der Waals surface area contributed by atoms with Gasteiger partial charge < -0.3 is 15.2 Å². The van der Waals surface area contributed by atoms with Crippen molar-refractivity contribution in [2.75, 3.05) is 0 Å². The van der Waals surface area contributed by atoms with E-state index in [1.165, 1.54) is 17.3 Å². The Morgan fingerprint density at radius 2 is 1.68 bits per heavy atom. The van der Waals surface area contributed by atoms with E-state index in [4.69, 9.17) is 4.74 Å². The molecule has 3 aromatic carbocycles. The van der Waals surface area contributed by atoms with Crippen LogP contribution in [-0.2, 0) is 28.2 Å². The Labute approximate surface area is 237 Å². The molecule has 2 aliphatic rings. The fourth-order valence-electron chi connectivity index (χ4n) is 3.98. The molecule has 2 aliphatic heterocycles. The standard InChI is InChI=1S/C29H28N4O5S2/c1-19(2)23-9-3-22(4-10-23)18-38-25-13-7-20(8-14-25)15-26-28(35)31-29(39-26)30-24-11-5-21(6-12-24)16-33-17-27(34)32-40(33,36)37/h3-15,17,19,32,34H,16,18H2,1-2H3,(H,30,31,35). The van der Waals surface area contributed by atoms with Crippen LogP contribution in [0.1, 0.15) is 42.0 Å². The highest BCUT2D eigenvalue weighted by Crippen LogP contribution is 2.29. The van der Waals surface area contributed by atoms with E-state index in [0.717, 1.165) is 27.4 Å². The summed E-state index contributed by atoms with van der Waals surface area (Å²) in [5, 5.41) is 12.6. The molecule has 0 unspecified atom stereocenters. The van der Waals surface area contributed by atoms with Crippen LogP contribution in [0.15, 0.2) is 94.8 Å². The van der Waals surface area contributed by atoms with Crippen LogP contribution in [0.2, 0.25) is 0 Å². The van der Waals surface area contributed by atoms with Crippen molar-refractivity contribution >= 4 is 44.8 Å². The summed E-state index contributed by atoms with van der Waals surface area (Å²) < 4.78 is 32.8. The summed E-state index contributed by atoms with van der Waals surface area (Å²) in [7, 11) is -3.77. The molecule has 1 saturated heterocycles. The lowest BCUT2D eigenvalue weighted by Gasteiger charge is -2.13. The minimum atomic E-state index is -3.77. The van der Waals surface area contributed by atoms with Gasteiger partial charge in [0.2, 0.25) is 5.88 Å². The Morgan fingerprint density at radius 3 is 2.30 bits per heavy atom. The van der Waals surface area contributed by atoms with E-state index in [1.54, 1.807) is 30.3 Å². The van der Waals surface area contributed by atoms with E-state index in [1.807, 2.05) is 29.0 Å². The first-order chi connectivity index (χ1) is 19.1. The van der Waals surface area contributed by atoms with Gasteiger partial charge in [0.1, 0.15) is 12.4 Å². The molecule has 11 heteroatoms. The second-order valence-corrected chi connectivity index (χ2v) is 12.2. The quantitative estimate of drug-likeness (QED) is 0.314. The van der Waals surface area contributed by atoms with Gasteiger partial charge in [-0.3, -0.25) is 9.10 Å². The monoisotopic (exact) mass is 576 g/mol. The zero-order valence-electron chi connectivity index (χ0n) is 21.9. The summed E-state index contributed by atoms with van der Waals surface area (Å²) in [5.74, 6) is 0.585. The van der Waals surface area contributed by atoms with Gasteiger partial charge in [0.05, 0.1) is 23.3 Å². The van der Waals surface area contributed by atoms with Gasteiger partial charge in [0.15, 0.2) is 5.17 Å². The number of hydrogen-bond donors (Lipinski definition) is 3. The molecule has 0 aliphatic carbocycles. The molecule has 1 fully saturated rings. The first-order valence-electron chi connectivity index (χ1n) is 12.6. The molecule has 0 spiro atoms. The number of nitrogens with zero attached hydrogens (tertiary/aromatic N) is 2. The van der Waals surface area contributed by atoms with E-state index < -0.39 is 16.1 Å². The molecular weight excluding hydrogens is 548 g/mol.